The Morgan fingerprint density at radius 1 is 0.508 bits per heavy atom. The zero-order valence-corrected chi connectivity index (χ0v) is 38.0. The fraction of sp³-hybridized carbons (Fsp3) is 0.591. The van der Waals surface area contributed by atoms with E-state index in [-0.39, 0.29) is 81.5 Å². The molecule has 8 rings (SSSR count). The molecule has 2 aromatic carbocycles. The second kappa shape index (κ2) is 20.7. The zero-order valence-electron chi connectivity index (χ0n) is 36.5. The first-order valence-corrected chi connectivity index (χ1v) is 20.0. The van der Waals surface area contributed by atoms with Crippen molar-refractivity contribution in [2.75, 3.05) is 13.2 Å². The average Bonchev–Trinajstić information content (AvgIpc) is 3.98. The number of fused-ring (bicyclic) bond motifs is 2. The number of carbonyl (C=O) groups excluding carboxylic acids is 4. The second-order valence-electron chi connectivity index (χ2n) is 17.0. The van der Waals surface area contributed by atoms with Gasteiger partial charge in [-0.3, -0.25) is 9.59 Å². The molecule has 0 aromatic heterocycles. The first kappa shape index (κ1) is 50.7. The van der Waals surface area contributed by atoms with Crippen molar-refractivity contribution in [2.45, 2.75) is 154 Å². The van der Waals surface area contributed by atoms with E-state index in [1.165, 1.54) is 26.7 Å². The topological polar surface area (TPSA) is 224 Å². The van der Waals surface area contributed by atoms with E-state index >= 15 is 0 Å². The maximum atomic E-state index is 9.37. The van der Waals surface area contributed by atoms with Crippen molar-refractivity contribution in [2.24, 2.45) is 0 Å². The Hall–Kier alpha value is -2.91. The van der Waals surface area contributed by atoms with Gasteiger partial charge in [-0.1, -0.05) is 12.1 Å². The van der Waals surface area contributed by atoms with E-state index in [2.05, 4.69) is 0 Å². The van der Waals surface area contributed by atoms with E-state index in [0.29, 0.717) is 24.3 Å². The molecular formula is C44H64O16Ti+8. The van der Waals surface area contributed by atoms with Crippen LogP contribution in [-0.4, -0.2) is 150 Å². The van der Waals surface area contributed by atoms with Gasteiger partial charge in [-0.2, -0.15) is 0 Å². The van der Waals surface area contributed by atoms with Gasteiger partial charge in [0.2, 0.25) is 23.3 Å². The molecule has 6 heterocycles. The van der Waals surface area contributed by atoms with Crippen molar-refractivity contribution in [1.82, 2.24) is 0 Å². The van der Waals surface area contributed by atoms with E-state index < -0.39 is 47.9 Å². The Labute approximate surface area is 372 Å². The van der Waals surface area contributed by atoms with E-state index in [9.17, 15) is 9.59 Å². The fourth-order valence-electron chi connectivity index (χ4n) is 7.24. The average molecular weight is 897 g/mol. The number of benzene rings is 2. The van der Waals surface area contributed by atoms with Gasteiger partial charge in [-0.15, -0.1) is 0 Å². The maximum absolute atomic E-state index is 9.37. The van der Waals surface area contributed by atoms with Crippen LogP contribution in [0.3, 0.4) is 0 Å². The van der Waals surface area contributed by atoms with Gasteiger partial charge in [-0.25, -0.2) is 9.59 Å². The van der Waals surface area contributed by atoms with Crippen LogP contribution in [0.5, 0.6) is 0 Å². The SMILES string of the molecule is CC(=[OH+])[CH+]C(=[OH+])c1ccccc1.CC(=[OH+])[CH+]C(=[OH+])c1ccccc1.CC1(C)OCC(C2OC3OC(C)(C)OC3C2[OH2+])O1.CC1(C)OCC(C2OC3OC(C)(C)OC3C2[OH2+])O1.[Ti]. The Kier molecular flexibility index (Phi) is 17.2. The molecule has 8 N–H and O–H groups in total. The van der Waals surface area contributed by atoms with Crippen LogP contribution < -0.4 is 0 Å². The predicted octanol–water partition coefficient (Wildman–Crippen LogP) is 2.91. The molecule has 0 radical (unpaired) electrons. The molecule has 0 amide bonds. The molecular weight excluding hydrogens is 832 g/mol. The van der Waals surface area contributed by atoms with Gasteiger partial charge in [0.25, 0.3) is 12.8 Å². The quantitative estimate of drug-likeness (QED) is 0.124. The van der Waals surface area contributed by atoms with Crippen LogP contribution in [0.1, 0.15) is 80.4 Å². The third-order valence-electron chi connectivity index (χ3n) is 9.80. The summed E-state index contributed by atoms with van der Waals surface area (Å²) in [6.45, 7) is 18.7. The van der Waals surface area contributed by atoms with E-state index in [1.807, 2.05) is 91.8 Å². The minimum atomic E-state index is -0.675. The minimum absolute atomic E-state index is 0. The Morgan fingerprint density at radius 3 is 1.10 bits per heavy atom. The number of ketones is 4. The van der Waals surface area contributed by atoms with Crippen molar-refractivity contribution < 1.29 is 98.5 Å². The maximum Gasteiger partial charge on any atom is 0.512 e. The molecule has 17 heteroatoms. The van der Waals surface area contributed by atoms with Crippen molar-refractivity contribution in [1.29, 1.82) is 0 Å². The third kappa shape index (κ3) is 14.0. The summed E-state index contributed by atoms with van der Waals surface area (Å²) in [5.74, 6) is -2.21. The van der Waals surface area contributed by atoms with E-state index in [4.69, 9.17) is 67.2 Å². The van der Waals surface area contributed by atoms with Gasteiger partial charge in [-0.05, 0) is 79.7 Å². The number of hydrogen-bond acceptors (Lipinski definition) is 10. The van der Waals surface area contributed by atoms with Gasteiger partial charge < -0.3 is 57.6 Å². The molecule has 332 valence electrons. The van der Waals surface area contributed by atoms with Crippen LogP contribution in [0.25, 0.3) is 0 Å². The molecule has 6 aliphatic rings. The molecule has 0 bridgehead atoms. The monoisotopic (exact) mass is 896 g/mol. The second-order valence-corrected chi connectivity index (χ2v) is 17.0. The summed E-state index contributed by atoms with van der Waals surface area (Å²) in [6, 6.07) is 18.1. The molecule has 0 aliphatic carbocycles. The minimum Gasteiger partial charge on any atom is -0.439 e. The summed E-state index contributed by atoms with van der Waals surface area (Å²) in [7, 11) is 0. The normalized spacial score (nSPS) is 32.8. The largest absolute Gasteiger partial charge is 0.512 e. The van der Waals surface area contributed by atoms with Crippen LogP contribution in [0.4, 0.5) is 0 Å². The van der Waals surface area contributed by atoms with Crippen LogP contribution >= 0.6 is 0 Å². The van der Waals surface area contributed by atoms with Crippen LogP contribution in [0.2, 0.25) is 0 Å². The third-order valence-corrected chi connectivity index (χ3v) is 9.80. The van der Waals surface area contributed by atoms with Crippen molar-refractivity contribution in [3.63, 3.8) is 0 Å². The standard InChI is InChI=1S/2C12H20O6.2C10H9O2.Ti/c2*1-11(2)14-5-6(16-11)8-7(13)9-10(15-8)18-12(3,4)17-9;2*1-8(11)7-10(12)9-5-3-2-4-6-9;/h2*6-10,13H,5H2,1-4H3;2*2-7H,1H3;/q;;2*+1;/p+6. The van der Waals surface area contributed by atoms with Gasteiger partial charge in [0.05, 0.1) is 27.1 Å². The molecule has 2 aromatic rings. The first-order valence-electron chi connectivity index (χ1n) is 20.0. The number of rotatable bonds is 8. The van der Waals surface area contributed by atoms with Crippen molar-refractivity contribution in [3.8, 4) is 0 Å². The molecule has 61 heavy (non-hydrogen) atoms. The fourth-order valence-corrected chi connectivity index (χ4v) is 7.24. The molecule has 16 nitrogen and oxygen atoms in total. The smallest absolute Gasteiger partial charge is 0.439 e. The molecule has 10 atom stereocenters. The molecule has 0 spiro atoms. The van der Waals surface area contributed by atoms with Crippen molar-refractivity contribution in [3.05, 3.63) is 84.6 Å². The molecule has 6 aliphatic heterocycles. The molecule has 0 saturated carbocycles. The summed E-state index contributed by atoms with van der Waals surface area (Å²) in [4.78, 5) is 36.5. The Morgan fingerprint density at radius 2 is 0.836 bits per heavy atom. The van der Waals surface area contributed by atoms with Crippen LogP contribution in [0.15, 0.2) is 60.7 Å². The summed E-state index contributed by atoms with van der Waals surface area (Å²) >= 11 is 0. The Balaban J connectivity index is 0.000000182. The predicted molar refractivity (Wildman–Crippen MR) is 221 cm³/mol. The summed E-state index contributed by atoms with van der Waals surface area (Å²) in [5, 5.41) is 16.4. The molecule has 6 fully saturated rings. The summed E-state index contributed by atoms with van der Waals surface area (Å²) < 4.78 is 56.7. The molecule has 10 unspecified atom stereocenters. The van der Waals surface area contributed by atoms with E-state index in [0.717, 1.165) is 0 Å². The van der Waals surface area contributed by atoms with Gasteiger partial charge in [0, 0.05) is 46.0 Å². The molecule has 6 saturated heterocycles. The van der Waals surface area contributed by atoms with Crippen LogP contribution in [-0.2, 0) is 69.1 Å². The van der Waals surface area contributed by atoms with Crippen LogP contribution in [0, 0.1) is 12.8 Å². The van der Waals surface area contributed by atoms with E-state index in [1.54, 1.807) is 24.3 Å². The number of ether oxygens (including phenoxy) is 10. The zero-order chi connectivity index (χ0) is 44.2. The Bertz CT molecular complexity index is 1660. The van der Waals surface area contributed by atoms with Gasteiger partial charge >= 0.3 is 23.1 Å². The van der Waals surface area contributed by atoms with Gasteiger partial charge in [0.15, 0.2) is 60.1 Å². The first-order chi connectivity index (χ1) is 27.9. The summed E-state index contributed by atoms with van der Waals surface area (Å²) in [5.41, 5.74) is 1.40. The summed E-state index contributed by atoms with van der Waals surface area (Å²) in [6.07, 6.45) is -1.24. The van der Waals surface area contributed by atoms with Gasteiger partial charge in [0.1, 0.15) is 12.2 Å². The van der Waals surface area contributed by atoms with Crippen molar-refractivity contribution >= 4 is 23.1 Å². The number of hydrogen-bond donors (Lipinski definition) is 0.